The Balaban J connectivity index is 1.37. The van der Waals surface area contributed by atoms with E-state index < -0.39 is 0 Å². The van der Waals surface area contributed by atoms with E-state index in [-0.39, 0.29) is 5.91 Å². The summed E-state index contributed by atoms with van der Waals surface area (Å²) in [6.07, 6.45) is 6.69. The van der Waals surface area contributed by atoms with Gasteiger partial charge < -0.3 is 5.32 Å². The lowest BCUT2D eigenvalue weighted by atomic mass is 10.1. The average Bonchev–Trinajstić information content (AvgIpc) is 3.49. The lowest BCUT2D eigenvalue weighted by molar-refractivity contribution is -0.119. The SMILES string of the molecule is O=C(CSc1nncn1-c1cccc(Cl)c1)NC(C1CC1)C1CC1. The normalized spacial score (nSPS) is 17.2. The third-order valence-electron chi connectivity index (χ3n) is 4.52. The first-order valence-corrected chi connectivity index (χ1v) is 9.65. The summed E-state index contributed by atoms with van der Waals surface area (Å²) in [5, 5.41) is 12.7. The van der Waals surface area contributed by atoms with Crippen LogP contribution >= 0.6 is 23.4 Å². The molecule has 4 rings (SSSR count). The molecule has 0 atom stereocenters. The molecule has 1 aromatic carbocycles. The number of rotatable bonds is 7. The van der Waals surface area contributed by atoms with E-state index in [9.17, 15) is 4.79 Å². The fourth-order valence-electron chi connectivity index (χ4n) is 3.01. The van der Waals surface area contributed by atoms with Gasteiger partial charge in [-0.25, -0.2) is 0 Å². The molecule has 0 radical (unpaired) electrons. The number of benzene rings is 1. The zero-order valence-corrected chi connectivity index (χ0v) is 14.8. The summed E-state index contributed by atoms with van der Waals surface area (Å²) < 4.78 is 1.85. The summed E-state index contributed by atoms with van der Waals surface area (Å²) in [5.74, 6) is 1.86. The van der Waals surface area contributed by atoms with E-state index in [1.54, 1.807) is 6.33 Å². The van der Waals surface area contributed by atoms with E-state index in [0.29, 0.717) is 33.8 Å². The van der Waals surface area contributed by atoms with Gasteiger partial charge in [0.2, 0.25) is 5.91 Å². The second-order valence-electron chi connectivity index (χ2n) is 6.52. The summed E-state index contributed by atoms with van der Waals surface area (Å²) in [7, 11) is 0. The number of hydrogen-bond donors (Lipinski definition) is 1. The molecule has 7 heteroatoms. The quantitative estimate of drug-likeness (QED) is 0.767. The van der Waals surface area contributed by atoms with Gasteiger partial charge in [0.05, 0.1) is 11.4 Å². The summed E-state index contributed by atoms with van der Waals surface area (Å²) >= 11 is 7.45. The van der Waals surface area contributed by atoms with Crippen LogP contribution in [0, 0.1) is 11.8 Å². The predicted molar refractivity (Wildman–Crippen MR) is 94.5 cm³/mol. The maximum atomic E-state index is 12.3. The largest absolute Gasteiger partial charge is 0.352 e. The van der Waals surface area contributed by atoms with Gasteiger partial charge in [0.25, 0.3) is 0 Å². The molecule has 0 aliphatic heterocycles. The van der Waals surface area contributed by atoms with E-state index in [2.05, 4.69) is 15.5 Å². The minimum absolute atomic E-state index is 0.0874. The van der Waals surface area contributed by atoms with Gasteiger partial charge in [-0.15, -0.1) is 10.2 Å². The highest BCUT2D eigenvalue weighted by Gasteiger charge is 2.42. The van der Waals surface area contributed by atoms with Crippen LogP contribution in [0.3, 0.4) is 0 Å². The van der Waals surface area contributed by atoms with Crippen LogP contribution in [-0.2, 0) is 4.79 Å². The number of aromatic nitrogens is 3. The Bertz CT molecular complexity index is 730. The Morgan fingerprint density at radius 3 is 2.75 bits per heavy atom. The van der Waals surface area contributed by atoms with Gasteiger partial charge in [-0.05, 0) is 55.7 Å². The predicted octanol–water partition coefficient (Wildman–Crippen LogP) is 3.32. The number of halogens is 1. The van der Waals surface area contributed by atoms with Gasteiger partial charge in [-0.3, -0.25) is 9.36 Å². The maximum Gasteiger partial charge on any atom is 0.230 e. The Labute approximate surface area is 150 Å². The molecule has 1 N–H and O–H groups in total. The zero-order chi connectivity index (χ0) is 16.5. The minimum Gasteiger partial charge on any atom is -0.352 e. The van der Waals surface area contributed by atoms with Gasteiger partial charge in [-0.1, -0.05) is 29.4 Å². The van der Waals surface area contributed by atoms with Crippen LogP contribution in [0.1, 0.15) is 25.7 Å². The highest BCUT2D eigenvalue weighted by atomic mass is 35.5. The van der Waals surface area contributed by atoms with Crippen LogP contribution in [0.25, 0.3) is 5.69 Å². The molecule has 2 aromatic rings. The van der Waals surface area contributed by atoms with Gasteiger partial charge in [-0.2, -0.15) is 0 Å². The first kappa shape index (κ1) is 16.0. The molecular formula is C17H19ClN4OS. The molecule has 1 amide bonds. The first-order chi connectivity index (χ1) is 11.7. The van der Waals surface area contributed by atoms with Crippen molar-refractivity contribution in [1.29, 1.82) is 0 Å². The maximum absolute atomic E-state index is 12.3. The monoisotopic (exact) mass is 362 g/mol. The molecule has 0 spiro atoms. The van der Waals surface area contributed by atoms with Crippen LogP contribution in [0.4, 0.5) is 0 Å². The topological polar surface area (TPSA) is 59.8 Å². The van der Waals surface area contributed by atoms with Crippen molar-refractivity contribution in [2.45, 2.75) is 36.9 Å². The van der Waals surface area contributed by atoms with E-state index in [4.69, 9.17) is 11.6 Å². The van der Waals surface area contributed by atoms with Crippen molar-refractivity contribution in [2.75, 3.05) is 5.75 Å². The van der Waals surface area contributed by atoms with Crippen LogP contribution in [0.15, 0.2) is 35.7 Å². The Kier molecular flexibility index (Phi) is 4.50. The number of amides is 1. The number of carbonyl (C=O) groups is 1. The van der Waals surface area contributed by atoms with Crippen molar-refractivity contribution >= 4 is 29.3 Å². The summed E-state index contributed by atoms with van der Waals surface area (Å²) in [5.41, 5.74) is 0.893. The summed E-state index contributed by atoms with van der Waals surface area (Å²) in [6.45, 7) is 0. The summed E-state index contributed by atoms with van der Waals surface area (Å²) in [6, 6.07) is 7.89. The van der Waals surface area contributed by atoms with Gasteiger partial charge in [0, 0.05) is 11.1 Å². The second-order valence-corrected chi connectivity index (χ2v) is 7.90. The minimum atomic E-state index is 0.0874. The molecule has 2 fully saturated rings. The van der Waals surface area contributed by atoms with Crippen molar-refractivity contribution in [2.24, 2.45) is 11.8 Å². The van der Waals surface area contributed by atoms with Gasteiger partial charge in [0.1, 0.15) is 6.33 Å². The third kappa shape index (κ3) is 3.75. The first-order valence-electron chi connectivity index (χ1n) is 8.29. The molecule has 1 heterocycles. The van der Waals surface area contributed by atoms with Crippen molar-refractivity contribution in [3.05, 3.63) is 35.6 Å². The Hall–Kier alpha value is -1.53. The van der Waals surface area contributed by atoms with Crippen LogP contribution in [0.2, 0.25) is 5.02 Å². The number of hydrogen-bond acceptors (Lipinski definition) is 4. The molecule has 126 valence electrons. The smallest absolute Gasteiger partial charge is 0.230 e. The summed E-state index contributed by atoms with van der Waals surface area (Å²) in [4.78, 5) is 12.3. The molecule has 24 heavy (non-hydrogen) atoms. The molecular weight excluding hydrogens is 344 g/mol. The van der Waals surface area contributed by atoms with E-state index in [0.717, 1.165) is 5.69 Å². The molecule has 2 aliphatic rings. The lowest BCUT2D eigenvalue weighted by Crippen LogP contribution is -2.39. The highest BCUT2D eigenvalue weighted by Crippen LogP contribution is 2.44. The van der Waals surface area contributed by atoms with Crippen LogP contribution in [-0.4, -0.2) is 32.5 Å². The Morgan fingerprint density at radius 2 is 2.08 bits per heavy atom. The van der Waals surface area contributed by atoms with Gasteiger partial charge in [0.15, 0.2) is 5.16 Å². The molecule has 2 saturated carbocycles. The van der Waals surface area contributed by atoms with E-state index in [1.807, 2.05) is 28.8 Å². The Morgan fingerprint density at radius 1 is 1.33 bits per heavy atom. The van der Waals surface area contributed by atoms with Crippen molar-refractivity contribution < 1.29 is 4.79 Å². The third-order valence-corrected chi connectivity index (χ3v) is 5.70. The van der Waals surface area contributed by atoms with E-state index >= 15 is 0 Å². The van der Waals surface area contributed by atoms with Crippen LogP contribution < -0.4 is 5.32 Å². The molecule has 5 nitrogen and oxygen atoms in total. The average molecular weight is 363 g/mol. The molecule has 0 saturated heterocycles. The number of nitrogens with one attached hydrogen (secondary N) is 1. The fourth-order valence-corrected chi connectivity index (χ4v) is 3.94. The van der Waals surface area contributed by atoms with E-state index in [1.165, 1.54) is 37.4 Å². The highest BCUT2D eigenvalue weighted by molar-refractivity contribution is 7.99. The van der Waals surface area contributed by atoms with Gasteiger partial charge >= 0.3 is 0 Å². The molecule has 0 bridgehead atoms. The fraction of sp³-hybridized carbons (Fsp3) is 0.471. The number of nitrogens with zero attached hydrogens (tertiary/aromatic N) is 3. The molecule has 2 aliphatic carbocycles. The standard InChI is InChI=1S/C17H19ClN4OS/c18-13-2-1-3-14(8-13)22-10-19-21-17(22)24-9-15(23)20-16(11-4-5-11)12-6-7-12/h1-3,8,10-12,16H,4-7,9H2,(H,20,23). The van der Waals surface area contributed by atoms with Crippen molar-refractivity contribution in [3.63, 3.8) is 0 Å². The van der Waals surface area contributed by atoms with Crippen molar-refractivity contribution in [3.8, 4) is 5.69 Å². The van der Waals surface area contributed by atoms with Crippen LogP contribution in [0.5, 0.6) is 0 Å². The second kappa shape index (κ2) is 6.76. The molecule has 0 unspecified atom stereocenters. The van der Waals surface area contributed by atoms with Crippen molar-refractivity contribution in [1.82, 2.24) is 20.1 Å². The zero-order valence-electron chi connectivity index (χ0n) is 13.2. The number of thioether (sulfide) groups is 1. The molecule has 1 aromatic heterocycles. The lowest BCUT2D eigenvalue weighted by Gasteiger charge is -2.17. The number of carbonyl (C=O) groups excluding carboxylic acids is 1.